The second kappa shape index (κ2) is 18.0. The fourth-order valence-corrected chi connectivity index (χ4v) is 5.87. The average Bonchev–Trinajstić information content (AvgIpc) is 3.79. The largest absolute Gasteiger partial charge is 0.508 e. The third-order valence-corrected chi connectivity index (χ3v) is 9.23. The van der Waals surface area contributed by atoms with Gasteiger partial charge in [0, 0.05) is 61.3 Å². The molecular weight excluding hydrogens is 682 g/mol. The van der Waals surface area contributed by atoms with Crippen LogP contribution in [0.5, 0.6) is 5.75 Å². The molecule has 4 amide bonds. The van der Waals surface area contributed by atoms with Crippen molar-refractivity contribution < 1.29 is 39.0 Å². The maximum Gasteiger partial charge on any atom is 0.303 e. The van der Waals surface area contributed by atoms with Crippen LogP contribution in [0.2, 0.25) is 0 Å². The summed E-state index contributed by atoms with van der Waals surface area (Å²) in [5.74, 6) is -4.25. The Labute approximate surface area is 306 Å². The predicted molar refractivity (Wildman–Crippen MR) is 195 cm³/mol. The molecule has 4 rings (SSSR count). The fourth-order valence-electron chi connectivity index (χ4n) is 5.87. The molecule has 4 atom stereocenters. The number of hydrogen-bond donors (Lipinski definition) is 8. The van der Waals surface area contributed by atoms with Gasteiger partial charge in [0.1, 0.15) is 23.9 Å². The molecule has 53 heavy (non-hydrogen) atoms. The second-order valence-corrected chi connectivity index (χ2v) is 13.7. The van der Waals surface area contributed by atoms with Gasteiger partial charge in [0.05, 0.1) is 18.1 Å². The minimum absolute atomic E-state index is 0.00927. The quantitative estimate of drug-likeness (QED) is 0.0707. The van der Waals surface area contributed by atoms with Gasteiger partial charge >= 0.3 is 5.97 Å². The number of carbonyl (C=O) groups excluding carboxylic acids is 5. The molecule has 2 heterocycles. The zero-order valence-corrected chi connectivity index (χ0v) is 30.2. The number of nitrogens with one attached hydrogen (secondary N) is 6. The van der Waals surface area contributed by atoms with Gasteiger partial charge in [0.25, 0.3) is 0 Å². The molecule has 0 aliphatic carbocycles. The van der Waals surface area contributed by atoms with Crippen molar-refractivity contribution in [1.82, 2.24) is 36.2 Å². The van der Waals surface area contributed by atoms with E-state index < -0.39 is 65.6 Å². The Balaban J connectivity index is 1.63. The highest BCUT2D eigenvalue weighted by Crippen LogP contribution is 2.26. The molecule has 15 nitrogen and oxygen atoms in total. The Kier molecular flexibility index (Phi) is 13.5. The molecule has 282 valence electrons. The number of nitrogens with zero attached hydrogens (tertiary/aromatic N) is 1. The van der Waals surface area contributed by atoms with Crippen molar-refractivity contribution in [1.29, 1.82) is 0 Å². The number of para-hydroxylation sites is 1. The molecule has 2 aromatic heterocycles. The van der Waals surface area contributed by atoms with E-state index in [2.05, 4.69) is 36.2 Å². The molecule has 0 bridgehead atoms. The van der Waals surface area contributed by atoms with Crippen LogP contribution in [0.25, 0.3) is 10.9 Å². The Morgan fingerprint density at radius 3 is 2.04 bits per heavy atom. The molecular formula is C38H47N7O8. The smallest absolute Gasteiger partial charge is 0.303 e. The topological polar surface area (TPSA) is 235 Å². The number of phenols is 1. The number of phenolic OH excluding ortho intramolecular Hbond substituents is 1. The van der Waals surface area contributed by atoms with Crippen LogP contribution in [0.4, 0.5) is 0 Å². The molecule has 2 aromatic carbocycles. The van der Waals surface area contributed by atoms with E-state index in [1.165, 1.54) is 25.4 Å². The number of Topliss-reactive ketones (excluding diaryl/α,β-unsaturated/α-hetero) is 1. The number of ketones is 1. The van der Waals surface area contributed by atoms with Gasteiger partial charge in [-0.15, -0.1) is 0 Å². The number of carboxylic acids is 1. The summed E-state index contributed by atoms with van der Waals surface area (Å²) in [6.45, 7) is 6.71. The number of aromatic hydroxyl groups is 1. The molecule has 4 aromatic rings. The second-order valence-electron chi connectivity index (χ2n) is 13.7. The summed E-state index contributed by atoms with van der Waals surface area (Å²) in [5, 5.41) is 30.8. The van der Waals surface area contributed by atoms with Gasteiger partial charge in [-0.2, -0.15) is 0 Å². The first-order valence-electron chi connectivity index (χ1n) is 17.4. The number of carboxylic acid groups (broad SMARTS) is 1. The van der Waals surface area contributed by atoms with Crippen LogP contribution < -0.4 is 21.3 Å². The molecule has 0 aliphatic rings. The minimum atomic E-state index is -1.42. The normalized spacial score (nSPS) is 13.7. The number of imidazole rings is 1. The van der Waals surface area contributed by atoms with E-state index >= 15 is 0 Å². The van der Waals surface area contributed by atoms with Crippen molar-refractivity contribution in [3.63, 3.8) is 0 Å². The van der Waals surface area contributed by atoms with E-state index in [0.29, 0.717) is 17.7 Å². The number of H-pyrrole nitrogens is 2. The van der Waals surface area contributed by atoms with Gasteiger partial charge < -0.3 is 41.4 Å². The van der Waals surface area contributed by atoms with E-state index in [-0.39, 0.29) is 37.2 Å². The SMILES string of the molecule is CCC(C)(C)C(=O)[C@H](Cc1c[nH]c2ccccc12)NC(=O)[C@H](Cc1ccc(O)cc1)NC(=O)[C@H](CCC(=O)O)NC(=O)[C@H](Cc1c[nH]cn1)NC(C)=O. The zero-order valence-electron chi connectivity index (χ0n) is 30.2. The van der Waals surface area contributed by atoms with Crippen LogP contribution in [0, 0.1) is 5.41 Å². The van der Waals surface area contributed by atoms with E-state index in [4.69, 9.17) is 0 Å². The lowest BCUT2D eigenvalue weighted by Crippen LogP contribution is -2.59. The summed E-state index contributed by atoms with van der Waals surface area (Å²) in [6.07, 6.45) is 4.49. The number of carbonyl (C=O) groups is 6. The summed E-state index contributed by atoms with van der Waals surface area (Å²) in [6, 6.07) is 8.74. The number of aromatic amines is 2. The van der Waals surface area contributed by atoms with Crippen molar-refractivity contribution >= 4 is 46.3 Å². The lowest BCUT2D eigenvalue weighted by molar-refractivity contribution is -0.138. The third-order valence-electron chi connectivity index (χ3n) is 9.23. The standard InChI is InChI=1S/C38H47N7O8/c1-5-38(3,4)34(50)30(17-24-19-40-28-9-7-6-8-27(24)28)44-36(52)31(16-23-10-12-26(47)13-11-23)45-35(51)29(14-15-33(48)49)43-37(53)32(42-22(2)46)18-25-20-39-21-41-25/h6-13,19-21,29-32,40,47H,5,14-18H2,1-4H3,(H,39,41)(H,42,46)(H,43,53)(H,44,52)(H,45,51)(H,48,49)/t29-,30-,31-,32-/m0/s1. The first-order valence-corrected chi connectivity index (χ1v) is 17.4. The van der Waals surface area contributed by atoms with Crippen molar-refractivity contribution in [2.45, 2.75) is 90.4 Å². The van der Waals surface area contributed by atoms with Crippen LogP contribution in [-0.2, 0) is 48.0 Å². The molecule has 0 fully saturated rings. The highest BCUT2D eigenvalue weighted by atomic mass is 16.4. The predicted octanol–water partition coefficient (Wildman–Crippen LogP) is 2.45. The first kappa shape index (κ1) is 39.8. The fraction of sp³-hybridized carbons (Fsp3) is 0.395. The summed E-state index contributed by atoms with van der Waals surface area (Å²) < 4.78 is 0. The monoisotopic (exact) mass is 729 g/mol. The Morgan fingerprint density at radius 2 is 1.42 bits per heavy atom. The number of rotatable bonds is 19. The molecule has 8 N–H and O–H groups in total. The maximum absolute atomic E-state index is 14.2. The highest BCUT2D eigenvalue weighted by Gasteiger charge is 2.36. The van der Waals surface area contributed by atoms with E-state index in [1.807, 2.05) is 31.2 Å². The number of hydrogen-bond acceptors (Lipinski definition) is 8. The van der Waals surface area contributed by atoms with Crippen LogP contribution in [-0.4, -0.2) is 84.7 Å². The number of fused-ring (bicyclic) bond motifs is 1. The van der Waals surface area contributed by atoms with Gasteiger partial charge in [-0.25, -0.2) is 4.98 Å². The van der Waals surface area contributed by atoms with Gasteiger partial charge in [0.2, 0.25) is 23.6 Å². The lowest BCUT2D eigenvalue weighted by Gasteiger charge is -2.30. The Morgan fingerprint density at radius 1 is 0.792 bits per heavy atom. The van der Waals surface area contributed by atoms with Crippen LogP contribution in [0.3, 0.4) is 0 Å². The molecule has 15 heteroatoms. The Hall–Kier alpha value is -5.99. The summed E-state index contributed by atoms with van der Waals surface area (Å²) in [7, 11) is 0. The van der Waals surface area contributed by atoms with Crippen LogP contribution >= 0.6 is 0 Å². The zero-order chi connectivity index (χ0) is 38.7. The van der Waals surface area contributed by atoms with Gasteiger partial charge in [-0.3, -0.25) is 28.8 Å². The third kappa shape index (κ3) is 11.2. The molecule has 0 saturated heterocycles. The van der Waals surface area contributed by atoms with Gasteiger partial charge in [-0.1, -0.05) is 51.1 Å². The molecule has 0 unspecified atom stereocenters. The number of aromatic nitrogens is 3. The van der Waals surface area contributed by atoms with Gasteiger partial charge in [0.15, 0.2) is 5.78 Å². The minimum Gasteiger partial charge on any atom is -0.508 e. The molecule has 0 saturated carbocycles. The summed E-state index contributed by atoms with van der Waals surface area (Å²) >= 11 is 0. The number of benzene rings is 2. The lowest BCUT2D eigenvalue weighted by atomic mass is 9.80. The van der Waals surface area contributed by atoms with E-state index in [0.717, 1.165) is 16.5 Å². The summed E-state index contributed by atoms with van der Waals surface area (Å²) in [4.78, 5) is 89.2. The molecule has 0 aliphatic heterocycles. The van der Waals surface area contributed by atoms with Crippen molar-refractivity contribution in [3.8, 4) is 5.75 Å². The van der Waals surface area contributed by atoms with Crippen molar-refractivity contribution in [2.24, 2.45) is 5.41 Å². The van der Waals surface area contributed by atoms with Crippen molar-refractivity contribution in [3.05, 3.63) is 84.1 Å². The number of amides is 4. The highest BCUT2D eigenvalue weighted by molar-refractivity contribution is 5.97. The van der Waals surface area contributed by atoms with Crippen molar-refractivity contribution in [2.75, 3.05) is 0 Å². The first-order chi connectivity index (χ1) is 25.2. The van der Waals surface area contributed by atoms with E-state index in [9.17, 15) is 39.0 Å². The summed E-state index contributed by atoms with van der Waals surface area (Å²) in [5.41, 5.74) is 1.90. The van der Waals surface area contributed by atoms with Gasteiger partial charge in [-0.05, 0) is 42.2 Å². The average molecular weight is 730 g/mol. The van der Waals surface area contributed by atoms with Crippen LogP contribution in [0.15, 0.2) is 67.3 Å². The maximum atomic E-state index is 14.2. The molecule has 0 spiro atoms. The van der Waals surface area contributed by atoms with Crippen LogP contribution in [0.1, 0.15) is 63.8 Å². The number of aliphatic carboxylic acids is 1. The van der Waals surface area contributed by atoms with E-state index in [1.54, 1.807) is 38.4 Å². The Bertz CT molecular complexity index is 1900. The molecule has 0 radical (unpaired) electrons.